The molecule has 1 N–H and O–H groups in total. The van der Waals surface area contributed by atoms with E-state index in [0.29, 0.717) is 10.4 Å². The first-order chi connectivity index (χ1) is 13.5. The van der Waals surface area contributed by atoms with E-state index in [9.17, 15) is 26.8 Å². The fourth-order valence-corrected chi connectivity index (χ4v) is 3.44. The molecule has 0 bridgehead atoms. The van der Waals surface area contributed by atoms with E-state index >= 15 is 0 Å². The van der Waals surface area contributed by atoms with Gasteiger partial charge in [0.15, 0.2) is 11.6 Å². The minimum Gasteiger partial charge on any atom is -0.462 e. The molecule has 29 heavy (non-hydrogen) atoms. The quantitative estimate of drug-likeness (QED) is 0.659. The van der Waals surface area contributed by atoms with Crippen LogP contribution in [0.2, 0.25) is 5.02 Å². The summed E-state index contributed by atoms with van der Waals surface area (Å²) in [6, 6.07) is 6.51. The number of esters is 1. The molecule has 0 aliphatic carbocycles. The van der Waals surface area contributed by atoms with Crippen molar-refractivity contribution in [2.24, 2.45) is 0 Å². The summed E-state index contributed by atoms with van der Waals surface area (Å²) in [7, 11) is -3.97. The molecule has 0 saturated heterocycles. The van der Waals surface area contributed by atoms with Crippen molar-refractivity contribution in [2.45, 2.75) is 6.92 Å². The van der Waals surface area contributed by atoms with Gasteiger partial charge in [-0.05, 0) is 37.3 Å². The van der Waals surface area contributed by atoms with E-state index in [-0.39, 0.29) is 28.6 Å². The number of nitrogens with one attached hydrogen (secondary N) is 1. The SMILES string of the molecule is CCOC(=O)c1ccc(NC(=O)CN(c2ccc(F)c(F)c2)S(C)(=O)=O)cc1Cl. The molecule has 0 heterocycles. The zero-order valence-corrected chi connectivity index (χ0v) is 17.0. The molecule has 1 amide bonds. The van der Waals surface area contributed by atoms with Crippen LogP contribution in [0.4, 0.5) is 20.2 Å². The molecule has 2 rings (SSSR count). The summed E-state index contributed by atoms with van der Waals surface area (Å²) in [6.07, 6.45) is 0.826. The van der Waals surface area contributed by atoms with E-state index < -0.39 is 40.1 Å². The first-order valence-corrected chi connectivity index (χ1v) is 10.4. The largest absolute Gasteiger partial charge is 0.462 e. The number of sulfonamides is 1. The molecule has 0 saturated carbocycles. The van der Waals surface area contributed by atoms with Crippen molar-refractivity contribution in [1.29, 1.82) is 0 Å². The number of ether oxygens (including phenoxy) is 1. The van der Waals surface area contributed by atoms with Crippen LogP contribution in [0.3, 0.4) is 0 Å². The predicted octanol–water partition coefficient (Wildman–Crippen LogP) is 3.20. The lowest BCUT2D eigenvalue weighted by Crippen LogP contribution is -2.37. The van der Waals surface area contributed by atoms with Crippen LogP contribution in [-0.4, -0.2) is 39.7 Å². The van der Waals surface area contributed by atoms with Crippen LogP contribution in [0.5, 0.6) is 0 Å². The van der Waals surface area contributed by atoms with Crippen molar-refractivity contribution in [1.82, 2.24) is 0 Å². The van der Waals surface area contributed by atoms with Gasteiger partial charge in [-0.3, -0.25) is 9.10 Å². The summed E-state index contributed by atoms with van der Waals surface area (Å²) in [4.78, 5) is 24.0. The summed E-state index contributed by atoms with van der Waals surface area (Å²) in [5, 5.41) is 2.46. The number of nitrogens with zero attached hydrogens (tertiary/aromatic N) is 1. The van der Waals surface area contributed by atoms with E-state index in [0.717, 1.165) is 18.4 Å². The molecule has 0 unspecified atom stereocenters. The second-order valence-electron chi connectivity index (χ2n) is 5.83. The molecule has 0 radical (unpaired) electrons. The summed E-state index contributed by atoms with van der Waals surface area (Å²) < 4.78 is 56.1. The number of amides is 1. The number of hydrogen-bond donors (Lipinski definition) is 1. The third kappa shape index (κ3) is 5.88. The van der Waals surface area contributed by atoms with Gasteiger partial charge in [-0.15, -0.1) is 0 Å². The molecule has 2 aromatic carbocycles. The first-order valence-electron chi connectivity index (χ1n) is 8.22. The van der Waals surface area contributed by atoms with Crippen LogP contribution in [0.1, 0.15) is 17.3 Å². The lowest BCUT2D eigenvalue weighted by molar-refractivity contribution is -0.114. The molecular formula is C18H17ClF2N2O5S. The van der Waals surface area contributed by atoms with Gasteiger partial charge in [0.2, 0.25) is 15.9 Å². The second-order valence-corrected chi connectivity index (χ2v) is 8.15. The molecule has 0 spiro atoms. The third-order valence-electron chi connectivity index (χ3n) is 3.63. The minimum absolute atomic E-state index is 0.0295. The van der Waals surface area contributed by atoms with Gasteiger partial charge < -0.3 is 10.1 Å². The molecule has 0 aliphatic heterocycles. The monoisotopic (exact) mass is 446 g/mol. The number of benzene rings is 2. The predicted molar refractivity (Wildman–Crippen MR) is 105 cm³/mol. The summed E-state index contributed by atoms with van der Waals surface area (Å²) >= 11 is 6.01. The average molecular weight is 447 g/mol. The molecular weight excluding hydrogens is 430 g/mol. The molecule has 0 atom stereocenters. The van der Waals surface area contributed by atoms with Crippen LogP contribution < -0.4 is 9.62 Å². The van der Waals surface area contributed by atoms with Gasteiger partial charge >= 0.3 is 5.97 Å². The minimum atomic E-state index is -3.97. The van der Waals surface area contributed by atoms with E-state index in [1.54, 1.807) is 6.92 Å². The Kier molecular flexibility index (Phi) is 7.15. The van der Waals surface area contributed by atoms with E-state index in [4.69, 9.17) is 16.3 Å². The molecule has 7 nitrogen and oxygen atoms in total. The highest BCUT2D eigenvalue weighted by Gasteiger charge is 2.22. The van der Waals surface area contributed by atoms with E-state index in [2.05, 4.69) is 5.32 Å². The number of carbonyl (C=O) groups is 2. The maximum Gasteiger partial charge on any atom is 0.339 e. The highest BCUT2D eigenvalue weighted by Crippen LogP contribution is 2.23. The normalized spacial score (nSPS) is 11.1. The molecule has 2 aromatic rings. The lowest BCUT2D eigenvalue weighted by atomic mass is 10.2. The van der Waals surface area contributed by atoms with Crippen LogP contribution in [0.15, 0.2) is 36.4 Å². The van der Waals surface area contributed by atoms with Gasteiger partial charge in [-0.25, -0.2) is 22.0 Å². The van der Waals surface area contributed by atoms with Crippen molar-refractivity contribution < 1.29 is 31.5 Å². The van der Waals surface area contributed by atoms with Crippen LogP contribution in [-0.2, 0) is 19.6 Å². The second kappa shape index (κ2) is 9.19. The Morgan fingerprint density at radius 1 is 1.14 bits per heavy atom. The van der Waals surface area contributed by atoms with E-state index in [1.165, 1.54) is 18.2 Å². The first kappa shape index (κ1) is 22.6. The summed E-state index contributed by atoms with van der Waals surface area (Å²) in [6.45, 7) is 1.11. The fraction of sp³-hybridized carbons (Fsp3) is 0.222. The number of hydrogen-bond acceptors (Lipinski definition) is 5. The van der Waals surface area contributed by atoms with Crippen LogP contribution in [0, 0.1) is 11.6 Å². The standard InChI is InChI=1S/C18H17ClF2N2O5S/c1-3-28-18(25)13-6-4-11(8-14(13)19)22-17(24)10-23(29(2,26)27)12-5-7-15(20)16(21)9-12/h4-9H,3,10H2,1-2H3,(H,22,24). The van der Waals surface area contributed by atoms with Gasteiger partial charge in [-0.2, -0.15) is 0 Å². The Labute approximate surface area is 171 Å². The zero-order valence-electron chi connectivity index (χ0n) is 15.4. The van der Waals surface area contributed by atoms with Gasteiger partial charge in [0.05, 0.1) is 29.1 Å². The Hall–Kier alpha value is -2.72. The lowest BCUT2D eigenvalue weighted by Gasteiger charge is -2.22. The Bertz CT molecular complexity index is 1050. The highest BCUT2D eigenvalue weighted by molar-refractivity contribution is 7.92. The summed E-state index contributed by atoms with van der Waals surface area (Å²) in [5.41, 5.74) is 0.0927. The van der Waals surface area contributed by atoms with Crippen LogP contribution >= 0.6 is 11.6 Å². The van der Waals surface area contributed by atoms with Crippen molar-refractivity contribution in [3.63, 3.8) is 0 Å². The number of anilines is 2. The molecule has 156 valence electrons. The maximum absolute atomic E-state index is 13.5. The number of carbonyl (C=O) groups excluding carboxylic acids is 2. The zero-order chi connectivity index (χ0) is 21.8. The molecule has 0 fully saturated rings. The highest BCUT2D eigenvalue weighted by atomic mass is 35.5. The Balaban J connectivity index is 2.19. The fourth-order valence-electron chi connectivity index (χ4n) is 2.34. The van der Waals surface area contributed by atoms with Crippen molar-refractivity contribution in [3.05, 3.63) is 58.6 Å². The topological polar surface area (TPSA) is 92.8 Å². The number of rotatable bonds is 7. The van der Waals surface area contributed by atoms with Gasteiger partial charge in [0.25, 0.3) is 0 Å². The molecule has 0 aromatic heterocycles. The van der Waals surface area contributed by atoms with Crippen molar-refractivity contribution >= 4 is 44.9 Å². The Morgan fingerprint density at radius 3 is 2.38 bits per heavy atom. The van der Waals surface area contributed by atoms with Gasteiger partial charge in [0.1, 0.15) is 6.54 Å². The van der Waals surface area contributed by atoms with Gasteiger partial charge in [-0.1, -0.05) is 11.6 Å². The van der Waals surface area contributed by atoms with E-state index in [1.807, 2.05) is 0 Å². The molecule has 0 aliphatic rings. The average Bonchev–Trinajstić information content (AvgIpc) is 2.61. The number of halogens is 3. The van der Waals surface area contributed by atoms with Crippen molar-refractivity contribution in [3.8, 4) is 0 Å². The van der Waals surface area contributed by atoms with Gasteiger partial charge in [0, 0.05) is 11.8 Å². The van der Waals surface area contributed by atoms with Crippen molar-refractivity contribution in [2.75, 3.05) is 29.0 Å². The van der Waals surface area contributed by atoms with Crippen LogP contribution in [0.25, 0.3) is 0 Å². The third-order valence-corrected chi connectivity index (χ3v) is 5.08. The summed E-state index contributed by atoms with van der Waals surface area (Å²) in [5.74, 6) is -3.79. The maximum atomic E-state index is 13.5. The molecule has 11 heteroatoms. The Morgan fingerprint density at radius 2 is 1.83 bits per heavy atom. The smallest absolute Gasteiger partial charge is 0.339 e.